The molecule has 0 saturated carbocycles. The summed E-state index contributed by atoms with van der Waals surface area (Å²) in [5.74, 6) is -0.499. The number of hydrogen-bond acceptors (Lipinski definition) is 5. The Labute approximate surface area is 128 Å². The summed E-state index contributed by atoms with van der Waals surface area (Å²) in [6.45, 7) is 3.00. The Morgan fingerprint density at radius 1 is 1.39 bits per heavy atom. The van der Waals surface area contributed by atoms with Crippen LogP contribution in [0.3, 0.4) is 0 Å². The van der Waals surface area contributed by atoms with E-state index in [1.54, 1.807) is 13.8 Å². The van der Waals surface area contributed by atoms with Crippen molar-refractivity contribution in [3.63, 3.8) is 0 Å². The van der Waals surface area contributed by atoms with E-state index < -0.39 is 29.8 Å². The van der Waals surface area contributed by atoms with Gasteiger partial charge in [-0.15, -0.1) is 5.10 Å². The van der Waals surface area contributed by atoms with E-state index in [0.717, 1.165) is 12.3 Å². The molecule has 0 bridgehead atoms. The Hall–Kier alpha value is -2.65. The zero-order chi connectivity index (χ0) is 17.2. The van der Waals surface area contributed by atoms with Crippen molar-refractivity contribution in [2.75, 3.05) is 5.32 Å². The van der Waals surface area contributed by atoms with Crippen LogP contribution in [0.15, 0.2) is 27.5 Å². The third-order valence-corrected chi connectivity index (χ3v) is 2.82. The van der Waals surface area contributed by atoms with Crippen LogP contribution in [-0.2, 0) is 17.5 Å². The standard InChI is InChI=1S/C13H13F3N4O3/c1-7(2)10-18-19-12(23-10)17-9(21)6-20-5-3-4-8(11(20)22)13(14,15)16/h3-5,7H,6H2,1-2H3,(H,17,19,21). The zero-order valence-corrected chi connectivity index (χ0v) is 12.2. The van der Waals surface area contributed by atoms with Crippen molar-refractivity contribution in [2.45, 2.75) is 32.5 Å². The first kappa shape index (κ1) is 16.7. The fourth-order valence-corrected chi connectivity index (χ4v) is 1.71. The molecule has 124 valence electrons. The molecule has 0 spiro atoms. The molecule has 0 aliphatic rings. The van der Waals surface area contributed by atoms with Gasteiger partial charge in [-0.25, -0.2) is 0 Å². The third kappa shape index (κ3) is 3.96. The number of alkyl halides is 3. The molecular formula is C13H13F3N4O3. The van der Waals surface area contributed by atoms with E-state index in [1.165, 1.54) is 0 Å². The predicted octanol–water partition coefficient (Wildman–Crippen LogP) is 2.01. The van der Waals surface area contributed by atoms with Crippen molar-refractivity contribution >= 4 is 11.9 Å². The van der Waals surface area contributed by atoms with Crippen LogP contribution in [0.4, 0.5) is 19.2 Å². The maximum atomic E-state index is 12.6. The average Bonchev–Trinajstić information content (AvgIpc) is 2.88. The number of hydrogen-bond donors (Lipinski definition) is 1. The number of nitrogens with zero attached hydrogens (tertiary/aromatic N) is 3. The van der Waals surface area contributed by atoms with E-state index in [-0.39, 0.29) is 11.9 Å². The number of anilines is 1. The fraction of sp³-hybridized carbons (Fsp3) is 0.385. The summed E-state index contributed by atoms with van der Waals surface area (Å²) in [7, 11) is 0. The van der Waals surface area contributed by atoms with Gasteiger partial charge in [0, 0.05) is 12.1 Å². The maximum Gasteiger partial charge on any atom is 0.421 e. The van der Waals surface area contributed by atoms with Gasteiger partial charge in [-0.3, -0.25) is 14.9 Å². The second-order valence-electron chi connectivity index (χ2n) is 5.00. The topological polar surface area (TPSA) is 90.0 Å². The molecule has 0 aliphatic carbocycles. The second kappa shape index (κ2) is 6.23. The summed E-state index contributed by atoms with van der Waals surface area (Å²) in [6.07, 6.45) is -3.69. The Morgan fingerprint density at radius 3 is 2.65 bits per heavy atom. The number of aromatic nitrogens is 3. The van der Waals surface area contributed by atoms with E-state index in [4.69, 9.17) is 4.42 Å². The molecule has 0 aromatic carbocycles. The van der Waals surface area contributed by atoms with Crippen molar-refractivity contribution in [3.05, 3.63) is 40.1 Å². The first-order valence-electron chi connectivity index (χ1n) is 6.58. The van der Waals surface area contributed by atoms with Gasteiger partial charge in [0.15, 0.2) is 0 Å². The molecule has 0 atom stereocenters. The lowest BCUT2D eigenvalue weighted by Gasteiger charge is -2.09. The molecule has 1 amide bonds. The second-order valence-corrected chi connectivity index (χ2v) is 5.00. The van der Waals surface area contributed by atoms with Gasteiger partial charge in [0.1, 0.15) is 12.1 Å². The van der Waals surface area contributed by atoms with Gasteiger partial charge in [-0.2, -0.15) is 13.2 Å². The van der Waals surface area contributed by atoms with Crippen molar-refractivity contribution < 1.29 is 22.4 Å². The number of amides is 1. The van der Waals surface area contributed by atoms with E-state index in [1.807, 2.05) is 0 Å². The Bertz CT molecular complexity index is 764. The summed E-state index contributed by atoms with van der Waals surface area (Å²) >= 11 is 0. The van der Waals surface area contributed by atoms with Crippen LogP contribution < -0.4 is 10.9 Å². The number of rotatable bonds is 4. The largest absolute Gasteiger partial charge is 0.421 e. The first-order chi connectivity index (χ1) is 10.7. The highest BCUT2D eigenvalue weighted by Crippen LogP contribution is 2.25. The number of halogens is 3. The van der Waals surface area contributed by atoms with Gasteiger partial charge < -0.3 is 8.98 Å². The normalized spacial score (nSPS) is 11.7. The van der Waals surface area contributed by atoms with E-state index >= 15 is 0 Å². The molecular weight excluding hydrogens is 317 g/mol. The molecule has 23 heavy (non-hydrogen) atoms. The van der Waals surface area contributed by atoms with E-state index in [2.05, 4.69) is 15.5 Å². The van der Waals surface area contributed by atoms with Gasteiger partial charge in [-0.1, -0.05) is 18.9 Å². The number of carbonyl (C=O) groups excluding carboxylic acids is 1. The van der Waals surface area contributed by atoms with Gasteiger partial charge in [0.2, 0.25) is 11.8 Å². The highest BCUT2D eigenvalue weighted by molar-refractivity contribution is 5.88. The van der Waals surface area contributed by atoms with Crippen LogP contribution in [0.5, 0.6) is 0 Å². The molecule has 10 heteroatoms. The number of pyridine rings is 1. The van der Waals surface area contributed by atoms with Crippen LogP contribution in [0, 0.1) is 0 Å². The van der Waals surface area contributed by atoms with E-state index in [0.29, 0.717) is 16.5 Å². The molecule has 1 N–H and O–H groups in total. The molecule has 2 heterocycles. The fourth-order valence-electron chi connectivity index (χ4n) is 1.71. The van der Waals surface area contributed by atoms with Crippen molar-refractivity contribution in [1.82, 2.24) is 14.8 Å². The Balaban J connectivity index is 2.13. The smallest absolute Gasteiger partial charge is 0.408 e. The van der Waals surface area contributed by atoms with Crippen LogP contribution in [-0.4, -0.2) is 20.7 Å². The SMILES string of the molecule is CC(C)c1nnc(NC(=O)Cn2cccc(C(F)(F)F)c2=O)o1. The number of nitrogens with one attached hydrogen (secondary N) is 1. The minimum absolute atomic E-state index is 0.0424. The predicted molar refractivity (Wildman–Crippen MR) is 72.7 cm³/mol. The van der Waals surface area contributed by atoms with Crippen LogP contribution in [0.1, 0.15) is 31.2 Å². The summed E-state index contributed by atoms with van der Waals surface area (Å²) < 4.78 is 43.7. The molecule has 2 aromatic rings. The number of carbonyl (C=O) groups is 1. The van der Waals surface area contributed by atoms with Crippen molar-refractivity contribution in [3.8, 4) is 0 Å². The lowest BCUT2D eigenvalue weighted by Crippen LogP contribution is -2.32. The summed E-state index contributed by atoms with van der Waals surface area (Å²) in [6, 6.07) is 1.52. The summed E-state index contributed by atoms with van der Waals surface area (Å²) in [4.78, 5) is 23.5. The first-order valence-corrected chi connectivity index (χ1v) is 6.58. The molecule has 0 fully saturated rings. The lowest BCUT2D eigenvalue weighted by atomic mass is 10.2. The Morgan fingerprint density at radius 2 is 2.09 bits per heavy atom. The average molecular weight is 330 g/mol. The molecule has 0 unspecified atom stereocenters. The van der Waals surface area contributed by atoms with Crippen molar-refractivity contribution in [1.29, 1.82) is 0 Å². The Kier molecular flexibility index (Phi) is 4.52. The summed E-state index contributed by atoms with van der Waals surface area (Å²) in [5, 5.41) is 9.50. The molecule has 0 saturated heterocycles. The van der Waals surface area contributed by atoms with E-state index in [9.17, 15) is 22.8 Å². The zero-order valence-electron chi connectivity index (χ0n) is 12.2. The minimum atomic E-state index is -4.78. The van der Waals surface area contributed by atoms with Crippen molar-refractivity contribution in [2.24, 2.45) is 0 Å². The molecule has 7 nitrogen and oxygen atoms in total. The van der Waals surface area contributed by atoms with Gasteiger partial charge in [-0.05, 0) is 12.1 Å². The highest BCUT2D eigenvalue weighted by Gasteiger charge is 2.34. The maximum absolute atomic E-state index is 12.6. The highest BCUT2D eigenvalue weighted by atomic mass is 19.4. The van der Waals surface area contributed by atoms with Crippen LogP contribution in [0.25, 0.3) is 0 Å². The molecule has 2 rings (SSSR count). The van der Waals surface area contributed by atoms with Gasteiger partial charge in [0.05, 0.1) is 0 Å². The van der Waals surface area contributed by atoms with Crippen LogP contribution >= 0.6 is 0 Å². The quantitative estimate of drug-likeness (QED) is 0.926. The minimum Gasteiger partial charge on any atom is -0.408 e. The third-order valence-electron chi connectivity index (χ3n) is 2.82. The molecule has 0 aliphatic heterocycles. The van der Waals surface area contributed by atoms with Gasteiger partial charge >= 0.3 is 12.2 Å². The molecule has 2 aromatic heterocycles. The monoisotopic (exact) mass is 330 g/mol. The lowest BCUT2D eigenvalue weighted by molar-refractivity contribution is -0.139. The van der Waals surface area contributed by atoms with Gasteiger partial charge in [0.25, 0.3) is 5.56 Å². The molecule has 0 radical (unpaired) electrons. The summed E-state index contributed by atoms with van der Waals surface area (Å²) in [5.41, 5.74) is -2.64. The van der Waals surface area contributed by atoms with Crippen LogP contribution in [0.2, 0.25) is 0 Å².